The average molecular weight is 213 g/mol. The number of ether oxygens (including phenoxy) is 1. The van der Waals surface area contributed by atoms with Gasteiger partial charge in [0.15, 0.2) is 0 Å². The van der Waals surface area contributed by atoms with Crippen LogP contribution in [0.5, 0.6) is 5.75 Å². The zero-order chi connectivity index (χ0) is 11.4. The lowest BCUT2D eigenvalue weighted by atomic mass is 9.99. The molecule has 0 saturated carbocycles. The van der Waals surface area contributed by atoms with E-state index in [1.807, 2.05) is 30.3 Å². The van der Waals surface area contributed by atoms with Crippen molar-refractivity contribution in [2.24, 2.45) is 5.73 Å². The number of methoxy groups -OCH3 is 1. The molecule has 2 N–H and O–H groups in total. The Kier molecular flexibility index (Phi) is 3.22. The van der Waals surface area contributed by atoms with Gasteiger partial charge in [-0.05, 0) is 17.2 Å². The van der Waals surface area contributed by atoms with E-state index in [0.29, 0.717) is 6.54 Å². The Morgan fingerprint density at radius 2 is 1.75 bits per heavy atom. The summed E-state index contributed by atoms with van der Waals surface area (Å²) in [4.78, 5) is 0. The summed E-state index contributed by atoms with van der Waals surface area (Å²) >= 11 is 0. The van der Waals surface area contributed by atoms with Gasteiger partial charge in [0.1, 0.15) is 5.75 Å². The van der Waals surface area contributed by atoms with Crippen molar-refractivity contribution < 1.29 is 4.74 Å². The second kappa shape index (κ2) is 4.81. The van der Waals surface area contributed by atoms with Crippen molar-refractivity contribution in [1.29, 1.82) is 0 Å². The van der Waals surface area contributed by atoms with Gasteiger partial charge in [-0.2, -0.15) is 0 Å². The molecule has 0 bridgehead atoms. The molecule has 0 spiro atoms. The van der Waals surface area contributed by atoms with Crippen molar-refractivity contribution in [1.82, 2.24) is 0 Å². The van der Waals surface area contributed by atoms with E-state index in [2.05, 4.69) is 18.2 Å². The fourth-order valence-corrected chi connectivity index (χ4v) is 1.86. The number of rotatable bonds is 3. The van der Waals surface area contributed by atoms with E-state index in [9.17, 15) is 0 Å². The van der Waals surface area contributed by atoms with Crippen LogP contribution >= 0.6 is 0 Å². The summed E-state index contributed by atoms with van der Waals surface area (Å²) in [5.74, 6) is 0.851. The van der Waals surface area contributed by atoms with E-state index in [1.165, 1.54) is 5.56 Å². The van der Waals surface area contributed by atoms with Gasteiger partial charge in [-0.1, -0.05) is 42.5 Å². The largest absolute Gasteiger partial charge is 0.496 e. The zero-order valence-corrected chi connectivity index (χ0v) is 9.31. The molecule has 0 heterocycles. The molecule has 2 rings (SSSR count). The molecule has 16 heavy (non-hydrogen) atoms. The topological polar surface area (TPSA) is 35.2 Å². The van der Waals surface area contributed by atoms with Crippen LogP contribution in [0.25, 0.3) is 11.1 Å². The second-order valence-corrected chi connectivity index (χ2v) is 3.56. The maximum absolute atomic E-state index is 5.78. The lowest BCUT2D eigenvalue weighted by Gasteiger charge is -2.12. The van der Waals surface area contributed by atoms with Crippen LogP contribution in [0.2, 0.25) is 0 Å². The quantitative estimate of drug-likeness (QED) is 0.850. The van der Waals surface area contributed by atoms with E-state index in [4.69, 9.17) is 10.5 Å². The summed E-state index contributed by atoms with van der Waals surface area (Å²) < 4.78 is 5.32. The van der Waals surface area contributed by atoms with Crippen molar-refractivity contribution in [3.8, 4) is 16.9 Å². The number of hydrogen-bond donors (Lipinski definition) is 1. The number of benzene rings is 2. The van der Waals surface area contributed by atoms with Crippen LogP contribution in [0.4, 0.5) is 0 Å². The minimum atomic E-state index is 0.480. The second-order valence-electron chi connectivity index (χ2n) is 3.56. The molecular weight excluding hydrogens is 198 g/mol. The smallest absolute Gasteiger partial charge is 0.123 e. The molecule has 2 heteroatoms. The van der Waals surface area contributed by atoms with Crippen molar-refractivity contribution in [2.45, 2.75) is 6.54 Å². The zero-order valence-electron chi connectivity index (χ0n) is 9.31. The SMILES string of the molecule is COc1cccc(-c2ccccc2)c1CN. The van der Waals surface area contributed by atoms with E-state index in [-0.39, 0.29) is 0 Å². The molecule has 0 radical (unpaired) electrons. The van der Waals surface area contributed by atoms with E-state index in [1.54, 1.807) is 7.11 Å². The molecular formula is C14H15NO. The van der Waals surface area contributed by atoms with Gasteiger partial charge in [-0.3, -0.25) is 0 Å². The predicted molar refractivity (Wildman–Crippen MR) is 66.3 cm³/mol. The summed E-state index contributed by atoms with van der Waals surface area (Å²) in [5, 5.41) is 0. The van der Waals surface area contributed by atoms with Gasteiger partial charge in [0.05, 0.1) is 7.11 Å². The Hall–Kier alpha value is -1.80. The summed E-state index contributed by atoms with van der Waals surface area (Å²) in [7, 11) is 1.67. The van der Waals surface area contributed by atoms with Crippen molar-refractivity contribution in [2.75, 3.05) is 7.11 Å². The van der Waals surface area contributed by atoms with Crippen LogP contribution in [-0.2, 0) is 6.54 Å². The first-order valence-electron chi connectivity index (χ1n) is 5.28. The van der Waals surface area contributed by atoms with Crippen LogP contribution in [-0.4, -0.2) is 7.11 Å². The van der Waals surface area contributed by atoms with E-state index >= 15 is 0 Å². The van der Waals surface area contributed by atoms with Crippen molar-refractivity contribution in [3.05, 3.63) is 54.1 Å². The Morgan fingerprint density at radius 3 is 2.38 bits per heavy atom. The predicted octanol–water partition coefficient (Wildman–Crippen LogP) is 2.82. The lowest BCUT2D eigenvalue weighted by molar-refractivity contribution is 0.410. The standard InChI is InChI=1S/C14H15NO/c1-16-14-9-5-8-12(13(14)10-15)11-6-3-2-4-7-11/h2-9H,10,15H2,1H3. The minimum absolute atomic E-state index is 0.480. The molecule has 2 aromatic rings. The minimum Gasteiger partial charge on any atom is -0.496 e. The third-order valence-electron chi connectivity index (χ3n) is 2.64. The normalized spacial score (nSPS) is 10.1. The van der Waals surface area contributed by atoms with Crippen LogP contribution in [0.15, 0.2) is 48.5 Å². The van der Waals surface area contributed by atoms with Crippen LogP contribution in [0.1, 0.15) is 5.56 Å². The van der Waals surface area contributed by atoms with Crippen LogP contribution in [0, 0.1) is 0 Å². The Morgan fingerprint density at radius 1 is 1.00 bits per heavy atom. The summed E-state index contributed by atoms with van der Waals surface area (Å²) in [6, 6.07) is 16.2. The molecule has 0 saturated heterocycles. The first kappa shape index (κ1) is 10.7. The third kappa shape index (κ3) is 1.92. The fraction of sp³-hybridized carbons (Fsp3) is 0.143. The maximum atomic E-state index is 5.78. The third-order valence-corrected chi connectivity index (χ3v) is 2.64. The molecule has 0 aliphatic carbocycles. The molecule has 2 nitrogen and oxygen atoms in total. The van der Waals surface area contributed by atoms with Crippen LogP contribution in [0.3, 0.4) is 0 Å². The first-order chi connectivity index (χ1) is 7.86. The van der Waals surface area contributed by atoms with Crippen LogP contribution < -0.4 is 10.5 Å². The Bertz CT molecular complexity index is 465. The van der Waals surface area contributed by atoms with Gasteiger partial charge >= 0.3 is 0 Å². The van der Waals surface area contributed by atoms with Gasteiger partial charge in [0.25, 0.3) is 0 Å². The highest BCUT2D eigenvalue weighted by atomic mass is 16.5. The van der Waals surface area contributed by atoms with Crippen molar-refractivity contribution in [3.63, 3.8) is 0 Å². The van der Waals surface area contributed by atoms with E-state index < -0.39 is 0 Å². The average Bonchev–Trinajstić information content (AvgIpc) is 2.38. The lowest BCUT2D eigenvalue weighted by Crippen LogP contribution is -2.02. The first-order valence-corrected chi connectivity index (χ1v) is 5.28. The molecule has 2 aromatic carbocycles. The molecule has 0 atom stereocenters. The summed E-state index contributed by atoms with van der Waals surface area (Å²) in [6.45, 7) is 0.480. The molecule has 0 unspecified atom stereocenters. The Labute approximate surface area is 95.7 Å². The summed E-state index contributed by atoms with van der Waals surface area (Å²) in [6.07, 6.45) is 0. The van der Waals surface area contributed by atoms with Gasteiger partial charge in [-0.15, -0.1) is 0 Å². The summed E-state index contributed by atoms with van der Waals surface area (Å²) in [5.41, 5.74) is 9.15. The van der Waals surface area contributed by atoms with Gasteiger partial charge < -0.3 is 10.5 Å². The maximum Gasteiger partial charge on any atom is 0.123 e. The molecule has 0 aromatic heterocycles. The Balaban J connectivity index is 2.57. The number of nitrogens with two attached hydrogens (primary N) is 1. The van der Waals surface area contributed by atoms with Crippen molar-refractivity contribution >= 4 is 0 Å². The molecule has 0 amide bonds. The van der Waals surface area contributed by atoms with Gasteiger partial charge in [-0.25, -0.2) is 0 Å². The van der Waals surface area contributed by atoms with Gasteiger partial charge in [0.2, 0.25) is 0 Å². The van der Waals surface area contributed by atoms with E-state index in [0.717, 1.165) is 16.9 Å². The highest BCUT2D eigenvalue weighted by Gasteiger charge is 2.08. The molecule has 0 aliphatic heterocycles. The molecule has 82 valence electrons. The molecule has 0 aliphatic rings. The fourth-order valence-electron chi connectivity index (χ4n) is 1.86. The monoisotopic (exact) mass is 213 g/mol. The highest BCUT2D eigenvalue weighted by Crippen LogP contribution is 2.29. The molecule has 0 fully saturated rings. The highest BCUT2D eigenvalue weighted by molar-refractivity contribution is 5.70. The van der Waals surface area contributed by atoms with Gasteiger partial charge in [0, 0.05) is 12.1 Å². The number of hydrogen-bond acceptors (Lipinski definition) is 2.